The topological polar surface area (TPSA) is 25.5 Å². The first kappa shape index (κ1) is 10.4. The molecule has 0 fully saturated rings. The van der Waals surface area contributed by atoms with Gasteiger partial charge in [-0.2, -0.15) is 0 Å². The van der Waals surface area contributed by atoms with Gasteiger partial charge in [-0.25, -0.2) is 0 Å². The van der Waals surface area contributed by atoms with Crippen LogP contribution in [-0.4, -0.2) is 6.21 Å². The van der Waals surface area contributed by atoms with Gasteiger partial charge in [0.1, 0.15) is 5.76 Å². The molecule has 2 rings (SSSR count). The summed E-state index contributed by atoms with van der Waals surface area (Å²) in [5, 5.41) is 0. The van der Waals surface area contributed by atoms with E-state index in [0.717, 1.165) is 5.76 Å². The second-order valence-corrected chi connectivity index (χ2v) is 3.35. The van der Waals surface area contributed by atoms with Gasteiger partial charge in [0.15, 0.2) is 0 Å². The fraction of sp³-hybridized carbons (Fsp3) is 0.0714. The Kier molecular flexibility index (Phi) is 3.72. The van der Waals surface area contributed by atoms with Crippen molar-refractivity contribution in [2.45, 2.75) is 6.54 Å². The van der Waals surface area contributed by atoms with Crippen LogP contribution in [-0.2, 0) is 6.54 Å². The monoisotopic (exact) mass is 211 g/mol. The Hall–Kier alpha value is -2.09. The Labute approximate surface area is 94.9 Å². The van der Waals surface area contributed by atoms with Gasteiger partial charge in [-0.05, 0) is 29.8 Å². The average molecular weight is 211 g/mol. The number of allylic oxidation sites excluding steroid dienone is 1. The largest absolute Gasteiger partial charge is 0.465 e. The first-order valence-corrected chi connectivity index (χ1v) is 5.19. The van der Waals surface area contributed by atoms with Gasteiger partial charge in [-0.15, -0.1) is 0 Å². The molecule has 16 heavy (non-hydrogen) atoms. The molecular weight excluding hydrogens is 198 g/mol. The van der Waals surface area contributed by atoms with Gasteiger partial charge < -0.3 is 4.42 Å². The standard InChI is InChI=1S/C14H13NO/c1-2-6-13(7-3-1)12-15-10-4-8-14-9-5-11-16-14/h1-11H,12H2/b8-4+,15-10?. The lowest BCUT2D eigenvalue weighted by molar-refractivity contribution is 0.557. The summed E-state index contributed by atoms with van der Waals surface area (Å²) in [5.74, 6) is 0.839. The van der Waals surface area contributed by atoms with Crippen LogP contribution in [0.25, 0.3) is 6.08 Å². The summed E-state index contributed by atoms with van der Waals surface area (Å²) in [5.41, 5.74) is 1.21. The second-order valence-electron chi connectivity index (χ2n) is 3.35. The Morgan fingerprint density at radius 3 is 2.69 bits per heavy atom. The Bertz CT molecular complexity index is 455. The number of rotatable bonds is 4. The summed E-state index contributed by atoms with van der Waals surface area (Å²) >= 11 is 0. The number of nitrogens with zero attached hydrogens (tertiary/aromatic N) is 1. The van der Waals surface area contributed by atoms with E-state index < -0.39 is 0 Å². The van der Waals surface area contributed by atoms with Crippen molar-refractivity contribution in [1.82, 2.24) is 0 Å². The zero-order valence-electron chi connectivity index (χ0n) is 8.91. The van der Waals surface area contributed by atoms with Crippen molar-refractivity contribution < 1.29 is 4.42 Å². The minimum Gasteiger partial charge on any atom is -0.465 e. The zero-order valence-corrected chi connectivity index (χ0v) is 8.91. The van der Waals surface area contributed by atoms with Gasteiger partial charge in [-0.1, -0.05) is 30.3 Å². The molecule has 1 aromatic heterocycles. The van der Waals surface area contributed by atoms with E-state index >= 15 is 0 Å². The summed E-state index contributed by atoms with van der Waals surface area (Å²) in [7, 11) is 0. The van der Waals surface area contributed by atoms with Crippen LogP contribution in [0.5, 0.6) is 0 Å². The summed E-state index contributed by atoms with van der Waals surface area (Å²) < 4.78 is 5.15. The Morgan fingerprint density at radius 2 is 1.94 bits per heavy atom. The van der Waals surface area contributed by atoms with E-state index in [1.54, 1.807) is 12.5 Å². The number of furan rings is 1. The third-order valence-electron chi connectivity index (χ3n) is 2.11. The molecule has 0 saturated carbocycles. The molecule has 0 saturated heterocycles. The summed E-state index contributed by atoms with van der Waals surface area (Å²) in [6, 6.07) is 13.9. The predicted octanol–water partition coefficient (Wildman–Crippen LogP) is 3.56. The lowest BCUT2D eigenvalue weighted by Crippen LogP contribution is -1.79. The minimum absolute atomic E-state index is 0.712. The van der Waals surface area contributed by atoms with Crippen LogP contribution < -0.4 is 0 Å². The molecule has 0 N–H and O–H groups in total. The van der Waals surface area contributed by atoms with Crippen LogP contribution in [0.2, 0.25) is 0 Å². The van der Waals surface area contributed by atoms with Gasteiger partial charge in [0.25, 0.3) is 0 Å². The minimum atomic E-state index is 0.712. The van der Waals surface area contributed by atoms with Crippen molar-refractivity contribution in [3.63, 3.8) is 0 Å². The van der Waals surface area contributed by atoms with Crippen molar-refractivity contribution in [3.05, 3.63) is 66.1 Å². The average Bonchev–Trinajstić information content (AvgIpc) is 2.83. The van der Waals surface area contributed by atoms with E-state index in [2.05, 4.69) is 17.1 Å². The molecule has 2 aromatic rings. The molecule has 0 aliphatic heterocycles. The van der Waals surface area contributed by atoms with Crippen LogP contribution in [0.1, 0.15) is 11.3 Å². The van der Waals surface area contributed by atoms with Crippen LogP contribution in [0.4, 0.5) is 0 Å². The smallest absolute Gasteiger partial charge is 0.126 e. The number of hydrogen-bond donors (Lipinski definition) is 0. The van der Waals surface area contributed by atoms with Crippen LogP contribution in [0.15, 0.2) is 64.2 Å². The Morgan fingerprint density at radius 1 is 1.06 bits per heavy atom. The SMILES string of the molecule is C(/C=C/c1ccco1)=NCc1ccccc1. The molecule has 2 nitrogen and oxygen atoms in total. The van der Waals surface area contributed by atoms with Crippen molar-refractivity contribution in [2.24, 2.45) is 4.99 Å². The van der Waals surface area contributed by atoms with Crippen molar-refractivity contribution >= 4 is 12.3 Å². The molecule has 0 radical (unpaired) electrons. The highest BCUT2D eigenvalue weighted by Gasteiger charge is 1.86. The third-order valence-corrected chi connectivity index (χ3v) is 2.11. The van der Waals surface area contributed by atoms with Crippen LogP contribution in [0.3, 0.4) is 0 Å². The molecule has 0 unspecified atom stereocenters. The zero-order chi connectivity index (χ0) is 11.1. The fourth-order valence-corrected chi connectivity index (χ4v) is 1.33. The van der Waals surface area contributed by atoms with Gasteiger partial charge in [0, 0.05) is 6.21 Å². The number of benzene rings is 1. The quantitative estimate of drug-likeness (QED) is 0.710. The van der Waals surface area contributed by atoms with E-state index in [-0.39, 0.29) is 0 Å². The maximum Gasteiger partial charge on any atom is 0.126 e. The third kappa shape index (κ3) is 3.24. The molecule has 1 aromatic carbocycles. The highest BCUT2D eigenvalue weighted by molar-refractivity contribution is 5.77. The molecular formula is C14H13NO. The summed E-state index contributed by atoms with van der Waals surface area (Å²) in [4.78, 5) is 4.29. The molecule has 0 atom stereocenters. The molecule has 0 amide bonds. The number of aliphatic imine (C=N–C) groups is 1. The first-order chi connectivity index (χ1) is 7.95. The van der Waals surface area contributed by atoms with E-state index in [4.69, 9.17) is 4.42 Å². The van der Waals surface area contributed by atoms with E-state index in [9.17, 15) is 0 Å². The highest BCUT2D eigenvalue weighted by atomic mass is 16.3. The summed E-state index contributed by atoms with van der Waals surface area (Å²) in [6.45, 7) is 0.712. The summed E-state index contributed by atoms with van der Waals surface area (Å²) in [6.07, 6.45) is 7.20. The van der Waals surface area contributed by atoms with Gasteiger partial charge in [0.05, 0.1) is 12.8 Å². The van der Waals surface area contributed by atoms with Gasteiger partial charge >= 0.3 is 0 Å². The fourth-order valence-electron chi connectivity index (χ4n) is 1.33. The van der Waals surface area contributed by atoms with Crippen molar-refractivity contribution in [2.75, 3.05) is 0 Å². The number of hydrogen-bond acceptors (Lipinski definition) is 2. The van der Waals surface area contributed by atoms with Gasteiger partial charge in [0.2, 0.25) is 0 Å². The van der Waals surface area contributed by atoms with E-state index in [1.807, 2.05) is 42.5 Å². The van der Waals surface area contributed by atoms with Crippen LogP contribution in [0, 0.1) is 0 Å². The lowest BCUT2D eigenvalue weighted by atomic mass is 10.2. The van der Waals surface area contributed by atoms with E-state index in [0.29, 0.717) is 6.54 Å². The molecule has 0 aliphatic carbocycles. The maximum atomic E-state index is 5.15. The second kappa shape index (κ2) is 5.71. The Balaban J connectivity index is 1.83. The highest BCUT2D eigenvalue weighted by Crippen LogP contribution is 2.02. The molecule has 0 aliphatic rings. The molecule has 0 spiro atoms. The normalized spacial score (nSPS) is 11.5. The van der Waals surface area contributed by atoms with Crippen molar-refractivity contribution in [3.8, 4) is 0 Å². The first-order valence-electron chi connectivity index (χ1n) is 5.19. The van der Waals surface area contributed by atoms with E-state index in [1.165, 1.54) is 5.56 Å². The molecule has 1 heterocycles. The van der Waals surface area contributed by atoms with Gasteiger partial charge in [-0.3, -0.25) is 4.99 Å². The maximum absolute atomic E-state index is 5.15. The molecule has 0 bridgehead atoms. The van der Waals surface area contributed by atoms with Crippen LogP contribution >= 0.6 is 0 Å². The lowest BCUT2D eigenvalue weighted by Gasteiger charge is -1.92. The van der Waals surface area contributed by atoms with Crippen molar-refractivity contribution in [1.29, 1.82) is 0 Å². The molecule has 80 valence electrons. The molecule has 2 heteroatoms. The predicted molar refractivity (Wildman–Crippen MR) is 66.4 cm³/mol.